The number of allylic oxidation sites excluding steroid dienone is 1. The molecule has 1 rings (SSSR count). The fourth-order valence-corrected chi connectivity index (χ4v) is 2.86. The first-order chi connectivity index (χ1) is 8.88. The highest BCUT2D eigenvalue weighted by Crippen LogP contribution is 2.23. The first-order valence-corrected chi connectivity index (χ1v) is 8.03. The molecule has 1 aliphatic rings. The van der Waals surface area contributed by atoms with Gasteiger partial charge in [-0.05, 0) is 32.1 Å². The maximum atomic E-state index is 5.69. The van der Waals surface area contributed by atoms with Crippen LogP contribution < -0.4 is 11.3 Å². The monoisotopic (exact) mass is 252 g/mol. The Bertz CT molecular complexity index is 223. The molecule has 0 aromatic heterocycles. The molecule has 0 spiro atoms. The Morgan fingerprint density at radius 3 is 2.44 bits per heavy atom. The molecule has 2 nitrogen and oxygen atoms in total. The molecule has 0 heterocycles. The van der Waals surface area contributed by atoms with E-state index < -0.39 is 0 Å². The highest BCUT2D eigenvalue weighted by Gasteiger charge is 2.14. The second-order valence-electron chi connectivity index (χ2n) is 5.65. The van der Waals surface area contributed by atoms with Gasteiger partial charge < -0.3 is 0 Å². The molecule has 2 heteroatoms. The van der Waals surface area contributed by atoms with Crippen LogP contribution in [0.4, 0.5) is 0 Å². The van der Waals surface area contributed by atoms with Crippen LogP contribution in [0.2, 0.25) is 0 Å². The van der Waals surface area contributed by atoms with Gasteiger partial charge in [-0.2, -0.15) is 0 Å². The molecule has 0 aliphatic heterocycles. The van der Waals surface area contributed by atoms with Crippen molar-refractivity contribution >= 4 is 0 Å². The van der Waals surface area contributed by atoms with Crippen molar-refractivity contribution in [1.29, 1.82) is 0 Å². The van der Waals surface area contributed by atoms with Crippen LogP contribution in [0, 0.1) is 0 Å². The average molecular weight is 252 g/mol. The third-order valence-corrected chi connectivity index (χ3v) is 4.07. The predicted octanol–water partition coefficient (Wildman–Crippen LogP) is 4.46. The summed E-state index contributed by atoms with van der Waals surface area (Å²) in [6.45, 7) is 2.27. The Kier molecular flexibility index (Phi) is 9.23. The summed E-state index contributed by atoms with van der Waals surface area (Å²) < 4.78 is 0. The van der Waals surface area contributed by atoms with E-state index in [1.165, 1.54) is 77.0 Å². The van der Waals surface area contributed by atoms with Crippen molar-refractivity contribution in [2.45, 2.75) is 90.0 Å². The van der Waals surface area contributed by atoms with Gasteiger partial charge in [-0.1, -0.05) is 63.5 Å². The second-order valence-corrected chi connectivity index (χ2v) is 5.65. The van der Waals surface area contributed by atoms with Crippen molar-refractivity contribution in [3.8, 4) is 0 Å². The van der Waals surface area contributed by atoms with Crippen molar-refractivity contribution in [3.05, 3.63) is 11.6 Å². The van der Waals surface area contributed by atoms with Crippen LogP contribution in [0.5, 0.6) is 0 Å². The lowest BCUT2D eigenvalue weighted by Crippen LogP contribution is -2.37. The fourth-order valence-electron chi connectivity index (χ4n) is 2.86. The van der Waals surface area contributed by atoms with E-state index in [1.807, 2.05) is 0 Å². The SMILES string of the molecule is CCCCCCCCCC(NN)C1=CCCCC1. The van der Waals surface area contributed by atoms with Crippen molar-refractivity contribution in [3.63, 3.8) is 0 Å². The van der Waals surface area contributed by atoms with Gasteiger partial charge in [0, 0.05) is 6.04 Å². The number of unbranched alkanes of at least 4 members (excludes halogenated alkanes) is 6. The molecule has 0 radical (unpaired) electrons. The van der Waals surface area contributed by atoms with Gasteiger partial charge in [-0.3, -0.25) is 11.3 Å². The Labute approximate surface area is 113 Å². The van der Waals surface area contributed by atoms with Gasteiger partial charge in [0.2, 0.25) is 0 Å². The first-order valence-electron chi connectivity index (χ1n) is 8.03. The van der Waals surface area contributed by atoms with E-state index in [9.17, 15) is 0 Å². The van der Waals surface area contributed by atoms with Crippen LogP contribution in [-0.2, 0) is 0 Å². The van der Waals surface area contributed by atoms with Crippen LogP contribution in [0.15, 0.2) is 11.6 Å². The van der Waals surface area contributed by atoms with E-state index in [-0.39, 0.29) is 0 Å². The van der Waals surface area contributed by atoms with Gasteiger partial charge in [0.25, 0.3) is 0 Å². The second kappa shape index (κ2) is 10.6. The van der Waals surface area contributed by atoms with E-state index in [0.717, 1.165) is 0 Å². The minimum atomic E-state index is 0.445. The largest absolute Gasteiger partial charge is 0.271 e. The molecular formula is C16H32N2. The Hall–Kier alpha value is -0.340. The molecule has 18 heavy (non-hydrogen) atoms. The van der Waals surface area contributed by atoms with Crippen molar-refractivity contribution in [2.24, 2.45) is 5.84 Å². The standard InChI is InChI=1S/C16H32N2/c1-2-3-4-5-6-7-11-14-16(18-17)15-12-9-8-10-13-15/h12,16,18H,2-11,13-14,17H2,1H3. The van der Waals surface area contributed by atoms with Crippen LogP contribution in [0.25, 0.3) is 0 Å². The lowest BCUT2D eigenvalue weighted by Gasteiger charge is -2.22. The third kappa shape index (κ3) is 6.55. The number of hydrogen-bond donors (Lipinski definition) is 2. The number of hydrazine groups is 1. The number of hydrogen-bond acceptors (Lipinski definition) is 2. The summed E-state index contributed by atoms with van der Waals surface area (Å²) in [6.07, 6.45) is 18.5. The zero-order chi connectivity index (χ0) is 13.1. The molecule has 1 atom stereocenters. The van der Waals surface area contributed by atoms with Crippen LogP contribution in [0.3, 0.4) is 0 Å². The summed E-state index contributed by atoms with van der Waals surface area (Å²) in [5.41, 5.74) is 4.58. The molecule has 0 bridgehead atoms. The topological polar surface area (TPSA) is 38.0 Å². The quantitative estimate of drug-likeness (QED) is 0.261. The molecule has 0 aromatic carbocycles. The van der Waals surface area contributed by atoms with E-state index in [4.69, 9.17) is 5.84 Å². The van der Waals surface area contributed by atoms with E-state index in [2.05, 4.69) is 18.4 Å². The van der Waals surface area contributed by atoms with Gasteiger partial charge in [-0.15, -0.1) is 0 Å². The molecular weight excluding hydrogens is 220 g/mol. The summed E-state index contributed by atoms with van der Waals surface area (Å²) in [5.74, 6) is 5.69. The van der Waals surface area contributed by atoms with Gasteiger partial charge >= 0.3 is 0 Å². The summed E-state index contributed by atoms with van der Waals surface area (Å²) in [6, 6.07) is 0.445. The Balaban J connectivity index is 2.06. The van der Waals surface area contributed by atoms with Gasteiger partial charge in [-0.25, -0.2) is 0 Å². The fraction of sp³-hybridized carbons (Fsp3) is 0.875. The zero-order valence-electron chi connectivity index (χ0n) is 12.2. The Morgan fingerprint density at radius 1 is 1.11 bits per heavy atom. The van der Waals surface area contributed by atoms with Crippen LogP contribution >= 0.6 is 0 Å². The third-order valence-electron chi connectivity index (χ3n) is 4.07. The zero-order valence-corrected chi connectivity index (χ0v) is 12.2. The van der Waals surface area contributed by atoms with E-state index in [0.29, 0.717) is 6.04 Å². The molecule has 0 saturated carbocycles. The van der Waals surface area contributed by atoms with E-state index in [1.54, 1.807) is 5.57 Å². The predicted molar refractivity (Wildman–Crippen MR) is 80.3 cm³/mol. The van der Waals surface area contributed by atoms with E-state index >= 15 is 0 Å². The summed E-state index contributed by atoms with van der Waals surface area (Å²) >= 11 is 0. The normalized spacial score (nSPS) is 17.6. The molecule has 3 N–H and O–H groups in total. The lowest BCUT2D eigenvalue weighted by molar-refractivity contribution is 0.481. The molecule has 0 fully saturated rings. The maximum absolute atomic E-state index is 5.69. The van der Waals surface area contributed by atoms with Crippen LogP contribution in [0.1, 0.15) is 84.0 Å². The van der Waals surface area contributed by atoms with Gasteiger partial charge in [0.1, 0.15) is 0 Å². The number of rotatable bonds is 10. The highest BCUT2D eigenvalue weighted by molar-refractivity contribution is 5.12. The smallest absolute Gasteiger partial charge is 0.0419 e. The minimum Gasteiger partial charge on any atom is -0.271 e. The molecule has 1 aliphatic carbocycles. The molecule has 1 unspecified atom stereocenters. The number of nitrogens with two attached hydrogens (primary N) is 1. The van der Waals surface area contributed by atoms with Gasteiger partial charge in [0.05, 0.1) is 0 Å². The summed E-state index contributed by atoms with van der Waals surface area (Å²) in [5, 5.41) is 0. The number of nitrogens with one attached hydrogen (secondary N) is 1. The summed E-state index contributed by atoms with van der Waals surface area (Å²) in [7, 11) is 0. The lowest BCUT2D eigenvalue weighted by atomic mass is 9.91. The average Bonchev–Trinajstić information content (AvgIpc) is 2.43. The van der Waals surface area contributed by atoms with Crippen molar-refractivity contribution in [1.82, 2.24) is 5.43 Å². The molecule has 106 valence electrons. The first kappa shape index (κ1) is 15.7. The van der Waals surface area contributed by atoms with Crippen molar-refractivity contribution in [2.75, 3.05) is 0 Å². The van der Waals surface area contributed by atoms with Crippen molar-refractivity contribution < 1.29 is 0 Å². The van der Waals surface area contributed by atoms with Gasteiger partial charge in [0.15, 0.2) is 0 Å². The minimum absolute atomic E-state index is 0.445. The molecule has 0 saturated heterocycles. The molecule has 0 amide bonds. The Morgan fingerprint density at radius 2 is 1.83 bits per heavy atom. The summed E-state index contributed by atoms with van der Waals surface area (Å²) in [4.78, 5) is 0. The molecule has 0 aromatic rings. The van der Waals surface area contributed by atoms with Crippen LogP contribution in [-0.4, -0.2) is 6.04 Å². The maximum Gasteiger partial charge on any atom is 0.0419 e. The highest BCUT2D eigenvalue weighted by atomic mass is 15.2.